The molecule has 0 aliphatic carbocycles. The maximum absolute atomic E-state index is 11.1. The lowest BCUT2D eigenvalue weighted by atomic mass is 10.1. The third-order valence-electron chi connectivity index (χ3n) is 4.70. The number of thioether (sulfide) groups is 1. The smallest absolute Gasteiger partial charge is 0.162 e. The number of Topliss-reactive ketones (excluding diaryl/α,β-unsaturated/α-hetero) is 2. The average molecular weight is 554 g/mol. The maximum atomic E-state index is 11.1. The molecule has 10 heteroatoms. The van der Waals surface area contributed by atoms with Gasteiger partial charge in [0.1, 0.15) is 10.1 Å². The van der Waals surface area contributed by atoms with Gasteiger partial charge < -0.3 is 15.6 Å². The molecule has 0 amide bonds. The summed E-state index contributed by atoms with van der Waals surface area (Å²) >= 11 is 18.8. The molecule has 0 saturated carbocycles. The van der Waals surface area contributed by atoms with Crippen molar-refractivity contribution in [1.82, 2.24) is 9.88 Å². The van der Waals surface area contributed by atoms with Gasteiger partial charge in [-0.25, -0.2) is 0 Å². The Morgan fingerprint density at radius 3 is 2.41 bits per heavy atom. The number of anilines is 1. The summed E-state index contributed by atoms with van der Waals surface area (Å²) in [5.41, 5.74) is 8.17. The van der Waals surface area contributed by atoms with Gasteiger partial charge in [-0.3, -0.25) is 9.59 Å². The highest BCUT2D eigenvalue weighted by atomic mass is 35.5. The van der Waals surface area contributed by atoms with Gasteiger partial charge in [-0.15, -0.1) is 11.3 Å². The van der Waals surface area contributed by atoms with Crippen molar-refractivity contribution in [3.05, 3.63) is 57.0 Å². The Hall–Kier alpha value is -1.78. The SMILES string of the molecule is CC(=O)CSC(=S)N1CCCC1.CCC(=O)c1ccc(Cl)cc1.Nc1ccc2[nH]c(=S)sc2c1. The lowest BCUT2D eigenvalue weighted by molar-refractivity contribution is -0.114. The van der Waals surface area contributed by atoms with Crippen molar-refractivity contribution in [1.29, 1.82) is 0 Å². The minimum atomic E-state index is 0.154. The van der Waals surface area contributed by atoms with Crippen molar-refractivity contribution in [3.63, 3.8) is 0 Å². The van der Waals surface area contributed by atoms with E-state index < -0.39 is 0 Å². The summed E-state index contributed by atoms with van der Waals surface area (Å²) in [6, 6.07) is 12.7. The number of nitrogens with zero attached hydrogens (tertiary/aromatic N) is 1. The Labute approximate surface area is 224 Å². The number of carbonyl (C=O) groups is 2. The Bertz CT molecular complexity index is 1170. The number of nitrogens with two attached hydrogens (primary N) is 1. The van der Waals surface area contributed by atoms with Crippen LogP contribution in [-0.2, 0) is 4.79 Å². The minimum absolute atomic E-state index is 0.154. The van der Waals surface area contributed by atoms with E-state index in [-0.39, 0.29) is 11.6 Å². The van der Waals surface area contributed by atoms with Gasteiger partial charge in [0, 0.05) is 35.8 Å². The van der Waals surface area contributed by atoms with Crippen LogP contribution in [0.5, 0.6) is 0 Å². The molecule has 0 atom stereocenters. The van der Waals surface area contributed by atoms with Crippen LogP contribution in [0.1, 0.15) is 43.5 Å². The summed E-state index contributed by atoms with van der Waals surface area (Å²) in [6.07, 6.45) is 3.02. The number of benzene rings is 2. The number of likely N-dealkylation sites (tertiary alicyclic amines) is 1. The molecule has 5 nitrogen and oxygen atoms in total. The molecule has 0 radical (unpaired) electrons. The summed E-state index contributed by atoms with van der Waals surface area (Å²) in [5, 5.41) is 0.664. The fourth-order valence-electron chi connectivity index (χ4n) is 2.96. The minimum Gasteiger partial charge on any atom is -0.399 e. The molecule has 0 bridgehead atoms. The second-order valence-electron chi connectivity index (χ2n) is 7.50. The van der Waals surface area contributed by atoms with Gasteiger partial charge in [-0.1, -0.05) is 42.5 Å². The fourth-order valence-corrected chi connectivity index (χ4v) is 5.30. The predicted octanol–water partition coefficient (Wildman–Crippen LogP) is 7.16. The van der Waals surface area contributed by atoms with Crippen LogP contribution >= 0.6 is 59.1 Å². The molecular formula is C24H28ClN3O2S4. The molecule has 34 heavy (non-hydrogen) atoms. The van der Waals surface area contributed by atoms with Crippen molar-refractivity contribution >= 4 is 90.9 Å². The number of hydrogen-bond donors (Lipinski definition) is 2. The highest BCUT2D eigenvalue weighted by molar-refractivity contribution is 8.23. The van der Waals surface area contributed by atoms with Crippen LogP contribution in [0, 0.1) is 3.95 Å². The zero-order valence-corrected chi connectivity index (χ0v) is 23.2. The molecule has 1 aliphatic heterocycles. The van der Waals surface area contributed by atoms with E-state index in [1.807, 2.05) is 25.1 Å². The van der Waals surface area contributed by atoms with Crippen molar-refractivity contribution in [2.45, 2.75) is 33.1 Å². The van der Waals surface area contributed by atoms with E-state index in [9.17, 15) is 9.59 Å². The molecule has 0 unspecified atom stereocenters. The largest absolute Gasteiger partial charge is 0.399 e. The first kappa shape index (κ1) is 28.5. The number of rotatable bonds is 4. The number of hydrogen-bond acceptors (Lipinski definition) is 7. The summed E-state index contributed by atoms with van der Waals surface area (Å²) in [5.74, 6) is 0.873. The van der Waals surface area contributed by atoms with Gasteiger partial charge in [0.15, 0.2) is 9.74 Å². The number of carbonyl (C=O) groups excluding carboxylic acids is 2. The van der Waals surface area contributed by atoms with E-state index in [0.717, 1.165) is 42.8 Å². The van der Waals surface area contributed by atoms with Crippen LogP contribution < -0.4 is 5.73 Å². The number of ketones is 2. The second-order valence-corrected chi connectivity index (χ2v) is 11.3. The lowest BCUT2D eigenvalue weighted by Crippen LogP contribution is -2.23. The third-order valence-corrected chi connectivity index (χ3v) is 7.81. The molecule has 1 fully saturated rings. The number of thiazole rings is 1. The zero-order valence-electron chi connectivity index (χ0n) is 19.1. The predicted molar refractivity (Wildman–Crippen MR) is 154 cm³/mol. The van der Waals surface area contributed by atoms with E-state index >= 15 is 0 Å². The van der Waals surface area contributed by atoms with E-state index in [4.69, 9.17) is 41.8 Å². The van der Waals surface area contributed by atoms with E-state index in [1.54, 1.807) is 42.5 Å². The lowest BCUT2D eigenvalue weighted by Gasteiger charge is -2.16. The number of aromatic nitrogens is 1. The summed E-state index contributed by atoms with van der Waals surface area (Å²) in [7, 11) is 0. The van der Waals surface area contributed by atoms with Gasteiger partial charge in [0.2, 0.25) is 0 Å². The van der Waals surface area contributed by atoms with Crippen molar-refractivity contribution < 1.29 is 9.59 Å². The van der Waals surface area contributed by atoms with Gasteiger partial charge in [-0.2, -0.15) is 0 Å². The molecule has 4 rings (SSSR count). The van der Waals surface area contributed by atoms with Gasteiger partial charge in [0.05, 0.1) is 16.0 Å². The van der Waals surface area contributed by atoms with Crippen molar-refractivity contribution in [2.24, 2.45) is 0 Å². The maximum Gasteiger partial charge on any atom is 0.162 e. The molecule has 3 aromatic rings. The Morgan fingerprint density at radius 2 is 1.82 bits per heavy atom. The quantitative estimate of drug-likeness (QED) is 0.201. The number of nitrogens with one attached hydrogen (secondary N) is 1. The number of H-pyrrole nitrogens is 1. The molecule has 2 heterocycles. The molecule has 0 spiro atoms. The van der Waals surface area contributed by atoms with E-state index in [1.165, 1.54) is 24.6 Å². The highest BCUT2D eigenvalue weighted by Crippen LogP contribution is 2.21. The zero-order chi connectivity index (χ0) is 25.1. The molecule has 1 saturated heterocycles. The van der Waals surface area contributed by atoms with Crippen LogP contribution in [-0.4, -0.2) is 44.6 Å². The number of fused-ring (bicyclic) bond motifs is 1. The van der Waals surface area contributed by atoms with Crippen LogP contribution in [0.25, 0.3) is 10.2 Å². The van der Waals surface area contributed by atoms with Crippen LogP contribution in [0.2, 0.25) is 5.02 Å². The van der Waals surface area contributed by atoms with Crippen LogP contribution in [0.15, 0.2) is 42.5 Å². The van der Waals surface area contributed by atoms with Crippen molar-refractivity contribution in [2.75, 3.05) is 24.6 Å². The molecule has 2 aromatic carbocycles. The molecule has 3 N–H and O–H groups in total. The van der Waals surface area contributed by atoms with E-state index in [0.29, 0.717) is 17.2 Å². The van der Waals surface area contributed by atoms with E-state index in [2.05, 4.69) is 9.88 Å². The van der Waals surface area contributed by atoms with Gasteiger partial charge in [-0.05, 0) is 74.4 Å². The first-order valence-electron chi connectivity index (χ1n) is 10.8. The fraction of sp³-hybridized carbons (Fsp3) is 0.333. The van der Waals surface area contributed by atoms with Gasteiger partial charge >= 0.3 is 0 Å². The van der Waals surface area contributed by atoms with Crippen LogP contribution in [0.4, 0.5) is 5.69 Å². The first-order valence-corrected chi connectivity index (χ1v) is 13.8. The number of aromatic amines is 1. The number of nitrogen functional groups attached to an aromatic ring is 1. The normalized spacial score (nSPS) is 12.4. The highest BCUT2D eigenvalue weighted by Gasteiger charge is 2.15. The average Bonchev–Trinajstić information content (AvgIpc) is 3.47. The molecule has 1 aromatic heterocycles. The Kier molecular flexibility index (Phi) is 12.2. The summed E-state index contributed by atoms with van der Waals surface area (Å²) < 4.78 is 2.81. The first-order chi connectivity index (χ1) is 16.2. The van der Waals surface area contributed by atoms with Crippen molar-refractivity contribution in [3.8, 4) is 0 Å². The Balaban J connectivity index is 0.000000180. The monoisotopic (exact) mass is 553 g/mol. The second kappa shape index (κ2) is 14.6. The number of thiocarbonyl (C=S) groups is 1. The third kappa shape index (κ3) is 9.84. The van der Waals surface area contributed by atoms with Crippen LogP contribution in [0.3, 0.4) is 0 Å². The molecular weight excluding hydrogens is 526 g/mol. The summed E-state index contributed by atoms with van der Waals surface area (Å²) in [4.78, 5) is 27.0. The topological polar surface area (TPSA) is 79.2 Å². The molecule has 1 aliphatic rings. The number of halogens is 1. The molecule has 182 valence electrons. The summed E-state index contributed by atoms with van der Waals surface area (Å²) in [6.45, 7) is 5.59. The Morgan fingerprint density at radius 1 is 1.18 bits per heavy atom. The van der Waals surface area contributed by atoms with Gasteiger partial charge in [0.25, 0.3) is 0 Å². The standard InChI is InChI=1S/C9H9ClO.C8H13NOS2.C7H6N2S2/c1-2-9(11)7-3-5-8(10)6-4-7;1-7(10)6-12-8(11)9-4-2-3-5-9;8-4-1-2-5-6(3-4)11-7(10)9-5/h3-6H,2H2,1H3;2-6H2,1H3;1-3H,8H2,(H,9,10).